The van der Waals surface area contributed by atoms with Crippen molar-refractivity contribution in [1.82, 2.24) is 15.5 Å². The summed E-state index contributed by atoms with van der Waals surface area (Å²) in [4.78, 5) is 7.15. The van der Waals surface area contributed by atoms with E-state index in [0.29, 0.717) is 12.6 Å². The number of likely N-dealkylation sites (N-methyl/N-ethyl adjacent to an activating group) is 1. The summed E-state index contributed by atoms with van der Waals surface area (Å²) in [5.41, 5.74) is 0. The SMILES string of the molecule is CCNC(=NCC(c1ccco1)N(CC)CC)NCC1CCCO1. The number of rotatable bonds is 9. The zero-order valence-corrected chi connectivity index (χ0v) is 15.3. The Balaban J connectivity index is 1.99. The molecule has 1 aliphatic rings. The Labute approximate surface area is 145 Å². The Morgan fingerprint density at radius 2 is 2.17 bits per heavy atom. The Hall–Kier alpha value is -1.53. The fourth-order valence-corrected chi connectivity index (χ4v) is 3.07. The lowest BCUT2D eigenvalue weighted by Crippen LogP contribution is -2.41. The van der Waals surface area contributed by atoms with E-state index < -0.39 is 0 Å². The maximum atomic E-state index is 5.67. The molecule has 0 aromatic carbocycles. The molecule has 1 saturated heterocycles. The molecule has 1 aliphatic heterocycles. The van der Waals surface area contributed by atoms with Crippen molar-refractivity contribution in [2.24, 2.45) is 4.99 Å². The number of furan rings is 1. The predicted octanol–water partition coefficient (Wildman–Crippen LogP) is 2.40. The van der Waals surface area contributed by atoms with Gasteiger partial charge in [-0.15, -0.1) is 0 Å². The van der Waals surface area contributed by atoms with E-state index in [2.05, 4.69) is 36.3 Å². The first-order valence-electron chi connectivity index (χ1n) is 9.19. The molecular weight excluding hydrogens is 304 g/mol. The predicted molar refractivity (Wildman–Crippen MR) is 97.3 cm³/mol. The summed E-state index contributed by atoms with van der Waals surface area (Å²) < 4.78 is 11.3. The van der Waals surface area contributed by atoms with Crippen LogP contribution in [-0.2, 0) is 4.74 Å². The lowest BCUT2D eigenvalue weighted by molar-refractivity contribution is 0.113. The van der Waals surface area contributed by atoms with Gasteiger partial charge in [0, 0.05) is 19.7 Å². The summed E-state index contributed by atoms with van der Waals surface area (Å²) in [6.07, 6.45) is 4.32. The summed E-state index contributed by atoms with van der Waals surface area (Å²) in [5, 5.41) is 6.72. The first-order chi connectivity index (χ1) is 11.8. The molecule has 0 bridgehead atoms. The van der Waals surface area contributed by atoms with E-state index in [1.807, 2.05) is 12.1 Å². The van der Waals surface area contributed by atoms with E-state index in [0.717, 1.165) is 57.3 Å². The van der Waals surface area contributed by atoms with Crippen LogP contribution in [-0.4, -0.2) is 56.3 Å². The van der Waals surface area contributed by atoms with Gasteiger partial charge in [-0.1, -0.05) is 13.8 Å². The van der Waals surface area contributed by atoms with Crippen LogP contribution in [0.5, 0.6) is 0 Å². The lowest BCUT2D eigenvalue weighted by Gasteiger charge is -2.27. The molecule has 1 fully saturated rings. The molecule has 1 aromatic rings. The third kappa shape index (κ3) is 5.53. The average molecular weight is 336 g/mol. The maximum Gasteiger partial charge on any atom is 0.191 e. The summed E-state index contributed by atoms with van der Waals surface area (Å²) in [7, 11) is 0. The number of ether oxygens (including phenoxy) is 1. The number of guanidine groups is 1. The van der Waals surface area contributed by atoms with Gasteiger partial charge in [-0.2, -0.15) is 0 Å². The van der Waals surface area contributed by atoms with E-state index >= 15 is 0 Å². The number of nitrogens with zero attached hydrogens (tertiary/aromatic N) is 2. The van der Waals surface area contributed by atoms with Crippen LogP contribution in [0.1, 0.15) is 45.4 Å². The Kier molecular flexibility index (Phi) is 8.12. The van der Waals surface area contributed by atoms with Crippen LogP contribution in [0.2, 0.25) is 0 Å². The number of nitrogens with one attached hydrogen (secondary N) is 2. The normalized spacial score (nSPS) is 19.7. The molecule has 2 heterocycles. The molecule has 6 nitrogen and oxygen atoms in total. The molecule has 2 unspecified atom stereocenters. The average Bonchev–Trinajstić information content (AvgIpc) is 3.29. The minimum atomic E-state index is 0.160. The van der Waals surface area contributed by atoms with Gasteiger partial charge in [0.25, 0.3) is 0 Å². The summed E-state index contributed by atoms with van der Waals surface area (Å²) in [5.74, 6) is 1.81. The van der Waals surface area contributed by atoms with E-state index in [-0.39, 0.29) is 6.04 Å². The van der Waals surface area contributed by atoms with Gasteiger partial charge in [0.05, 0.1) is 25.0 Å². The molecule has 0 aliphatic carbocycles. The molecule has 2 N–H and O–H groups in total. The van der Waals surface area contributed by atoms with Crippen molar-refractivity contribution in [3.8, 4) is 0 Å². The summed E-state index contributed by atoms with van der Waals surface area (Å²) >= 11 is 0. The second-order valence-corrected chi connectivity index (χ2v) is 5.99. The molecule has 0 saturated carbocycles. The van der Waals surface area contributed by atoms with Crippen molar-refractivity contribution in [1.29, 1.82) is 0 Å². The van der Waals surface area contributed by atoms with Crippen LogP contribution in [0, 0.1) is 0 Å². The van der Waals surface area contributed by atoms with E-state index in [9.17, 15) is 0 Å². The third-order valence-electron chi connectivity index (χ3n) is 4.41. The van der Waals surface area contributed by atoms with Crippen molar-refractivity contribution in [2.45, 2.75) is 45.8 Å². The van der Waals surface area contributed by atoms with Gasteiger partial charge in [-0.05, 0) is 45.0 Å². The topological polar surface area (TPSA) is 62.0 Å². The number of hydrogen-bond donors (Lipinski definition) is 2. The molecular formula is C18H32N4O2. The summed E-state index contributed by atoms with van der Waals surface area (Å²) in [6.45, 7) is 11.6. The quantitative estimate of drug-likeness (QED) is 0.536. The first kappa shape index (κ1) is 18.8. The third-order valence-corrected chi connectivity index (χ3v) is 4.41. The summed E-state index contributed by atoms with van der Waals surface area (Å²) in [6, 6.07) is 4.13. The molecule has 0 radical (unpaired) electrons. The zero-order chi connectivity index (χ0) is 17.2. The Morgan fingerprint density at radius 3 is 2.75 bits per heavy atom. The fraction of sp³-hybridized carbons (Fsp3) is 0.722. The Bertz CT molecular complexity index is 465. The fourth-order valence-electron chi connectivity index (χ4n) is 3.07. The van der Waals surface area contributed by atoms with Crippen molar-refractivity contribution in [2.75, 3.05) is 39.3 Å². The van der Waals surface area contributed by atoms with Crippen LogP contribution >= 0.6 is 0 Å². The number of aliphatic imine (C=N–C) groups is 1. The highest BCUT2D eigenvalue weighted by Gasteiger charge is 2.21. The van der Waals surface area contributed by atoms with Gasteiger partial charge in [-0.25, -0.2) is 0 Å². The van der Waals surface area contributed by atoms with Crippen LogP contribution < -0.4 is 10.6 Å². The first-order valence-corrected chi connectivity index (χ1v) is 9.19. The highest BCUT2D eigenvalue weighted by molar-refractivity contribution is 5.79. The highest BCUT2D eigenvalue weighted by atomic mass is 16.5. The van der Waals surface area contributed by atoms with Crippen LogP contribution in [0.3, 0.4) is 0 Å². The van der Waals surface area contributed by atoms with E-state index in [1.165, 1.54) is 0 Å². The second kappa shape index (κ2) is 10.4. The molecule has 1 aromatic heterocycles. The number of hydrogen-bond acceptors (Lipinski definition) is 4. The van der Waals surface area contributed by atoms with Gasteiger partial charge in [0.1, 0.15) is 5.76 Å². The van der Waals surface area contributed by atoms with E-state index in [4.69, 9.17) is 14.1 Å². The zero-order valence-electron chi connectivity index (χ0n) is 15.3. The van der Waals surface area contributed by atoms with Crippen molar-refractivity contribution < 1.29 is 9.15 Å². The minimum absolute atomic E-state index is 0.160. The van der Waals surface area contributed by atoms with Gasteiger partial charge in [0.15, 0.2) is 5.96 Å². The van der Waals surface area contributed by atoms with Gasteiger partial charge < -0.3 is 19.8 Å². The largest absolute Gasteiger partial charge is 0.468 e. The monoisotopic (exact) mass is 336 g/mol. The molecule has 24 heavy (non-hydrogen) atoms. The van der Waals surface area contributed by atoms with E-state index in [1.54, 1.807) is 6.26 Å². The molecule has 0 spiro atoms. The van der Waals surface area contributed by atoms with Crippen molar-refractivity contribution in [3.63, 3.8) is 0 Å². The van der Waals surface area contributed by atoms with Crippen LogP contribution in [0.15, 0.2) is 27.8 Å². The Morgan fingerprint density at radius 1 is 1.33 bits per heavy atom. The van der Waals surface area contributed by atoms with Crippen LogP contribution in [0.4, 0.5) is 0 Å². The molecule has 2 atom stereocenters. The molecule has 2 rings (SSSR count). The molecule has 0 amide bonds. The molecule has 136 valence electrons. The van der Waals surface area contributed by atoms with Crippen molar-refractivity contribution >= 4 is 5.96 Å². The maximum absolute atomic E-state index is 5.67. The van der Waals surface area contributed by atoms with Gasteiger partial charge >= 0.3 is 0 Å². The minimum Gasteiger partial charge on any atom is -0.468 e. The van der Waals surface area contributed by atoms with Gasteiger partial charge in [-0.3, -0.25) is 9.89 Å². The van der Waals surface area contributed by atoms with Crippen LogP contribution in [0.25, 0.3) is 0 Å². The lowest BCUT2D eigenvalue weighted by atomic mass is 10.2. The standard InChI is InChI=1S/C18H32N4O2/c1-4-19-18(20-13-15-9-7-11-23-15)21-14-16(22(5-2)6-3)17-10-8-12-24-17/h8,10,12,15-16H,4-7,9,11,13-14H2,1-3H3,(H2,19,20,21). The molecule has 6 heteroatoms. The smallest absolute Gasteiger partial charge is 0.191 e. The highest BCUT2D eigenvalue weighted by Crippen LogP contribution is 2.21. The van der Waals surface area contributed by atoms with Gasteiger partial charge in [0.2, 0.25) is 0 Å². The van der Waals surface area contributed by atoms with Crippen molar-refractivity contribution in [3.05, 3.63) is 24.2 Å². The second-order valence-electron chi connectivity index (χ2n) is 5.99.